The van der Waals surface area contributed by atoms with Crippen molar-refractivity contribution in [3.05, 3.63) is 24.3 Å². The number of benzene rings is 1. The van der Waals surface area contributed by atoms with Crippen molar-refractivity contribution in [2.75, 3.05) is 18.5 Å². The third-order valence-corrected chi connectivity index (χ3v) is 5.35. The Balaban J connectivity index is 1.49. The summed E-state index contributed by atoms with van der Waals surface area (Å²) >= 11 is 0. The first kappa shape index (κ1) is 20.2. The van der Waals surface area contributed by atoms with Crippen LogP contribution in [-0.4, -0.2) is 48.0 Å². The summed E-state index contributed by atoms with van der Waals surface area (Å²) in [5.74, 6) is -0.649. The Morgan fingerprint density at radius 3 is 2.54 bits per heavy atom. The molecule has 1 N–H and O–H groups in total. The molecule has 28 heavy (non-hydrogen) atoms. The molecule has 2 atom stereocenters. The molecule has 0 unspecified atom stereocenters. The Kier molecular flexibility index (Phi) is 6.54. The minimum absolute atomic E-state index is 0.0142. The first-order chi connectivity index (χ1) is 13.5. The van der Waals surface area contributed by atoms with Crippen LogP contribution in [0.25, 0.3) is 0 Å². The first-order valence-corrected chi connectivity index (χ1v) is 10.0. The average molecular weight is 388 g/mol. The maximum absolute atomic E-state index is 12.4. The fourth-order valence-corrected chi connectivity index (χ4v) is 3.83. The lowest BCUT2D eigenvalue weighted by Crippen LogP contribution is -2.36. The van der Waals surface area contributed by atoms with Crippen LogP contribution in [-0.2, 0) is 19.1 Å². The van der Waals surface area contributed by atoms with Gasteiger partial charge in [-0.15, -0.1) is 0 Å². The van der Waals surface area contributed by atoms with Crippen molar-refractivity contribution in [3.63, 3.8) is 0 Å². The van der Waals surface area contributed by atoms with Gasteiger partial charge < -0.3 is 19.7 Å². The SMILES string of the molecule is CCOc1ccc(NC(=O)[C@H](C)OC(=O)[C@H]2CC(=O)N(C3CCCC3)C2)cc1. The zero-order valence-corrected chi connectivity index (χ0v) is 16.5. The molecule has 1 aromatic carbocycles. The van der Waals surface area contributed by atoms with Gasteiger partial charge in [-0.1, -0.05) is 12.8 Å². The van der Waals surface area contributed by atoms with Crippen LogP contribution in [0.1, 0.15) is 46.0 Å². The summed E-state index contributed by atoms with van der Waals surface area (Å²) in [5.41, 5.74) is 0.597. The summed E-state index contributed by atoms with van der Waals surface area (Å²) in [4.78, 5) is 38.8. The Hall–Kier alpha value is -2.57. The number of rotatable bonds is 7. The Morgan fingerprint density at radius 1 is 1.21 bits per heavy atom. The highest BCUT2D eigenvalue weighted by molar-refractivity contribution is 5.95. The maximum atomic E-state index is 12.4. The van der Waals surface area contributed by atoms with Gasteiger partial charge in [0.2, 0.25) is 5.91 Å². The molecule has 2 amide bonds. The van der Waals surface area contributed by atoms with Crippen LogP contribution in [0.5, 0.6) is 5.75 Å². The fraction of sp³-hybridized carbons (Fsp3) is 0.571. The van der Waals surface area contributed by atoms with Gasteiger partial charge in [0.25, 0.3) is 5.91 Å². The normalized spacial score (nSPS) is 20.9. The van der Waals surface area contributed by atoms with Crippen LogP contribution >= 0.6 is 0 Å². The van der Waals surface area contributed by atoms with E-state index < -0.39 is 23.9 Å². The van der Waals surface area contributed by atoms with E-state index in [1.807, 2.05) is 11.8 Å². The van der Waals surface area contributed by atoms with E-state index in [0.717, 1.165) is 31.4 Å². The third kappa shape index (κ3) is 4.82. The number of carbonyl (C=O) groups excluding carboxylic acids is 3. The predicted octanol–water partition coefficient (Wildman–Crippen LogP) is 2.75. The molecule has 7 heteroatoms. The van der Waals surface area contributed by atoms with Gasteiger partial charge in [-0.2, -0.15) is 0 Å². The molecule has 1 saturated heterocycles. The molecule has 1 aliphatic carbocycles. The van der Waals surface area contributed by atoms with Gasteiger partial charge >= 0.3 is 5.97 Å². The summed E-state index contributed by atoms with van der Waals surface area (Å²) in [5, 5.41) is 2.72. The molecular formula is C21H28N2O5. The molecule has 0 bridgehead atoms. The third-order valence-electron chi connectivity index (χ3n) is 5.35. The quantitative estimate of drug-likeness (QED) is 0.726. The van der Waals surface area contributed by atoms with Gasteiger partial charge in [0.1, 0.15) is 5.75 Å². The summed E-state index contributed by atoms with van der Waals surface area (Å²) in [6.07, 6.45) is 3.51. The lowest BCUT2D eigenvalue weighted by Gasteiger charge is -2.24. The number of carbonyl (C=O) groups is 3. The molecule has 1 aliphatic heterocycles. The van der Waals surface area contributed by atoms with Crippen molar-refractivity contribution in [3.8, 4) is 5.75 Å². The van der Waals surface area contributed by atoms with Crippen LogP contribution in [0.3, 0.4) is 0 Å². The Morgan fingerprint density at radius 2 is 1.89 bits per heavy atom. The lowest BCUT2D eigenvalue weighted by molar-refractivity contribution is -0.157. The molecule has 0 spiro atoms. The maximum Gasteiger partial charge on any atom is 0.312 e. The second-order valence-corrected chi connectivity index (χ2v) is 7.41. The Bertz CT molecular complexity index is 712. The second-order valence-electron chi connectivity index (χ2n) is 7.41. The highest BCUT2D eigenvalue weighted by Crippen LogP contribution is 2.30. The lowest BCUT2D eigenvalue weighted by atomic mass is 10.1. The molecular weight excluding hydrogens is 360 g/mol. The van der Waals surface area contributed by atoms with Gasteiger partial charge in [0, 0.05) is 24.7 Å². The van der Waals surface area contributed by atoms with Crippen molar-refractivity contribution >= 4 is 23.5 Å². The van der Waals surface area contributed by atoms with Crippen LogP contribution in [0.2, 0.25) is 0 Å². The largest absolute Gasteiger partial charge is 0.494 e. The number of esters is 1. The fourth-order valence-electron chi connectivity index (χ4n) is 3.83. The summed E-state index contributed by atoms with van der Waals surface area (Å²) in [6.45, 7) is 4.40. The molecule has 1 heterocycles. The number of nitrogens with one attached hydrogen (secondary N) is 1. The van der Waals surface area contributed by atoms with E-state index in [4.69, 9.17) is 9.47 Å². The van der Waals surface area contributed by atoms with E-state index in [2.05, 4.69) is 5.32 Å². The molecule has 2 aliphatic rings. The zero-order valence-electron chi connectivity index (χ0n) is 16.5. The number of likely N-dealkylation sites (tertiary alicyclic amines) is 1. The topological polar surface area (TPSA) is 84.9 Å². The number of hydrogen-bond donors (Lipinski definition) is 1. The van der Waals surface area contributed by atoms with Crippen molar-refractivity contribution in [2.24, 2.45) is 5.92 Å². The summed E-state index contributed by atoms with van der Waals surface area (Å²) < 4.78 is 10.7. The molecule has 3 rings (SSSR count). The van der Waals surface area contributed by atoms with Crippen molar-refractivity contribution in [2.45, 2.75) is 58.1 Å². The number of ether oxygens (including phenoxy) is 2. The number of amides is 2. The standard InChI is InChI=1S/C21H28N2O5/c1-3-27-18-10-8-16(9-11-18)22-20(25)14(2)28-21(26)15-12-19(24)23(13-15)17-6-4-5-7-17/h8-11,14-15,17H,3-7,12-13H2,1-2H3,(H,22,25)/t14-,15-/m0/s1. The molecule has 1 saturated carbocycles. The minimum atomic E-state index is -0.935. The molecule has 0 aromatic heterocycles. The van der Waals surface area contributed by atoms with Crippen LogP contribution in [0.4, 0.5) is 5.69 Å². The molecule has 0 radical (unpaired) electrons. The van der Waals surface area contributed by atoms with Crippen molar-refractivity contribution in [1.29, 1.82) is 0 Å². The first-order valence-electron chi connectivity index (χ1n) is 10.0. The minimum Gasteiger partial charge on any atom is -0.494 e. The average Bonchev–Trinajstić information content (AvgIpc) is 3.33. The number of anilines is 1. The van der Waals surface area contributed by atoms with Gasteiger partial charge in [0.15, 0.2) is 6.10 Å². The van der Waals surface area contributed by atoms with E-state index in [1.165, 1.54) is 6.92 Å². The Labute approximate surface area is 165 Å². The van der Waals surface area contributed by atoms with E-state index in [0.29, 0.717) is 18.8 Å². The molecule has 2 fully saturated rings. The van der Waals surface area contributed by atoms with Crippen LogP contribution in [0, 0.1) is 5.92 Å². The highest BCUT2D eigenvalue weighted by atomic mass is 16.5. The molecule has 7 nitrogen and oxygen atoms in total. The summed E-state index contributed by atoms with van der Waals surface area (Å²) in [6, 6.07) is 7.24. The second kappa shape index (κ2) is 9.08. The zero-order chi connectivity index (χ0) is 20.1. The predicted molar refractivity (Wildman–Crippen MR) is 104 cm³/mol. The van der Waals surface area contributed by atoms with Crippen LogP contribution < -0.4 is 10.1 Å². The monoisotopic (exact) mass is 388 g/mol. The van der Waals surface area contributed by atoms with Crippen molar-refractivity contribution in [1.82, 2.24) is 4.90 Å². The van der Waals surface area contributed by atoms with E-state index in [9.17, 15) is 14.4 Å². The smallest absolute Gasteiger partial charge is 0.312 e. The number of nitrogens with zero attached hydrogens (tertiary/aromatic N) is 1. The van der Waals surface area contributed by atoms with Gasteiger partial charge in [-0.3, -0.25) is 14.4 Å². The van der Waals surface area contributed by atoms with E-state index in [1.54, 1.807) is 24.3 Å². The van der Waals surface area contributed by atoms with Gasteiger partial charge in [-0.05, 0) is 51.0 Å². The van der Waals surface area contributed by atoms with Gasteiger partial charge in [-0.25, -0.2) is 0 Å². The van der Waals surface area contributed by atoms with E-state index in [-0.39, 0.29) is 18.4 Å². The molecule has 152 valence electrons. The van der Waals surface area contributed by atoms with Crippen LogP contribution in [0.15, 0.2) is 24.3 Å². The van der Waals surface area contributed by atoms with Crippen molar-refractivity contribution < 1.29 is 23.9 Å². The number of hydrogen-bond acceptors (Lipinski definition) is 5. The van der Waals surface area contributed by atoms with E-state index >= 15 is 0 Å². The van der Waals surface area contributed by atoms with Gasteiger partial charge in [0.05, 0.1) is 12.5 Å². The summed E-state index contributed by atoms with van der Waals surface area (Å²) in [7, 11) is 0. The molecule has 1 aromatic rings. The highest BCUT2D eigenvalue weighted by Gasteiger charge is 2.40.